The van der Waals surface area contributed by atoms with E-state index in [1.54, 1.807) is 0 Å². The van der Waals surface area contributed by atoms with E-state index in [2.05, 4.69) is 35.2 Å². The van der Waals surface area contributed by atoms with E-state index in [9.17, 15) is 0 Å². The second-order valence-electron chi connectivity index (χ2n) is 2.38. The van der Waals surface area contributed by atoms with Crippen LogP contribution in [0.4, 0.5) is 0 Å². The third-order valence-corrected chi connectivity index (χ3v) is 2.42. The molecule has 1 aromatic rings. The minimum atomic E-state index is 0.754. The van der Waals surface area contributed by atoms with Gasteiger partial charge >= 0.3 is 0 Å². The van der Waals surface area contributed by atoms with Gasteiger partial charge in [-0.05, 0) is 59.0 Å². The van der Waals surface area contributed by atoms with Crippen molar-refractivity contribution >= 4 is 35.2 Å². The molecular formula is C9H11IOS. The van der Waals surface area contributed by atoms with E-state index in [1.165, 1.54) is 3.57 Å². The van der Waals surface area contributed by atoms with Crippen LogP contribution in [0.15, 0.2) is 24.3 Å². The topological polar surface area (TPSA) is 9.23 Å². The van der Waals surface area contributed by atoms with E-state index in [4.69, 9.17) is 4.74 Å². The first kappa shape index (κ1) is 10.2. The highest BCUT2D eigenvalue weighted by Gasteiger charge is 1.91. The van der Waals surface area contributed by atoms with Gasteiger partial charge in [0.1, 0.15) is 5.75 Å². The van der Waals surface area contributed by atoms with Crippen molar-refractivity contribution in [3.8, 4) is 5.75 Å². The average Bonchev–Trinajstić information content (AvgIpc) is 2.09. The Morgan fingerprint density at radius 2 is 1.92 bits per heavy atom. The van der Waals surface area contributed by atoms with E-state index in [-0.39, 0.29) is 0 Å². The molecule has 1 nitrogen and oxygen atoms in total. The molecule has 0 aliphatic heterocycles. The SMILES string of the molecule is SCCCOc1ccc(I)cc1. The average molecular weight is 294 g/mol. The fraction of sp³-hybridized carbons (Fsp3) is 0.333. The first-order valence-electron chi connectivity index (χ1n) is 3.82. The predicted molar refractivity (Wildman–Crippen MR) is 63.1 cm³/mol. The summed E-state index contributed by atoms with van der Waals surface area (Å²) in [5.41, 5.74) is 0. The lowest BCUT2D eigenvalue weighted by Crippen LogP contribution is -1.97. The van der Waals surface area contributed by atoms with Crippen molar-refractivity contribution in [2.24, 2.45) is 0 Å². The largest absolute Gasteiger partial charge is 0.494 e. The standard InChI is InChI=1S/C9H11IOS/c10-8-2-4-9(5-3-8)11-6-1-7-12/h2-5,12H,1,6-7H2. The van der Waals surface area contributed by atoms with E-state index in [0.29, 0.717) is 0 Å². The van der Waals surface area contributed by atoms with Crippen LogP contribution in [0.5, 0.6) is 5.75 Å². The molecule has 1 rings (SSSR count). The molecule has 0 aromatic heterocycles. The Labute approximate surface area is 92.1 Å². The van der Waals surface area contributed by atoms with Crippen LogP contribution in [0.3, 0.4) is 0 Å². The van der Waals surface area contributed by atoms with Crippen LogP contribution >= 0.6 is 35.2 Å². The molecule has 0 saturated carbocycles. The zero-order chi connectivity index (χ0) is 8.81. The Kier molecular flexibility index (Phi) is 4.83. The molecule has 12 heavy (non-hydrogen) atoms. The van der Waals surface area contributed by atoms with Gasteiger partial charge in [0.2, 0.25) is 0 Å². The van der Waals surface area contributed by atoms with Crippen LogP contribution in [0, 0.1) is 3.57 Å². The first-order chi connectivity index (χ1) is 5.83. The molecule has 3 heteroatoms. The Bertz CT molecular complexity index is 222. The highest BCUT2D eigenvalue weighted by Crippen LogP contribution is 2.13. The van der Waals surface area contributed by atoms with Gasteiger partial charge in [-0.1, -0.05) is 0 Å². The predicted octanol–water partition coefficient (Wildman–Crippen LogP) is 2.99. The molecule has 0 heterocycles. The van der Waals surface area contributed by atoms with Crippen LogP contribution in [-0.2, 0) is 0 Å². The first-order valence-corrected chi connectivity index (χ1v) is 5.53. The molecule has 0 radical (unpaired) electrons. The number of hydrogen-bond donors (Lipinski definition) is 1. The van der Waals surface area contributed by atoms with Crippen molar-refractivity contribution in [2.75, 3.05) is 12.4 Å². The Morgan fingerprint density at radius 1 is 1.25 bits per heavy atom. The number of benzene rings is 1. The molecule has 0 spiro atoms. The summed E-state index contributed by atoms with van der Waals surface area (Å²) in [5, 5.41) is 0. The van der Waals surface area contributed by atoms with Gasteiger partial charge in [-0.3, -0.25) is 0 Å². The second-order valence-corrected chi connectivity index (χ2v) is 4.07. The number of halogens is 1. The number of rotatable bonds is 4. The summed E-state index contributed by atoms with van der Waals surface area (Å²) in [7, 11) is 0. The molecule has 0 saturated heterocycles. The smallest absolute Gasteiger partial charge is 0.119 e. The van der Waals surface area contributed by atoms with Gasteiger partial charge in [0.05, 0.1) is 6.61 Å². The van der Waals surface area contributed by atoms with Crippen molar-refractivity contribution in [1.82, 2.24) is 0 Å². The van der Waals surface area contributed by atoms with Crippen LogP contribution in [0.1, 0.15) is 6.42 Å². The fourth-order valence-corrected chi connectivity index (χ4v) is 1.27. The lowest BCUT2D eigenvalue weighted by Gasteiger charge is -2.03. The van der Waals surface area contributed by atoms with Crippen molar-refractivity contribution in [2.45, 2.75) is 6.42 Å². The van der Waals surface area contributed by atoms with Gasteiger partial charge in [-0.25, -0.2) is 0 Å². The van der Waals surface area contributed by atoms with Crippen molar-refractivity contribution in [3.63, 3.8) is 0 Å². The molecular weight excluding hydrogens is 283 g/mol. The summed E-state index contributed by atoms with van der Waals surface area (Å²) < 4.78 is 6.68. The molecule has 0 atom stereocenters. The number of hydrogen-bond acceptors (Lipinski definition) is 2. The molecule has 0 aliphatic carbocycles. The molecule has 66 valence electrons. The maximum atomic E-state index is 5.45. The summed E-state index contributed by atoms with van der Waals surface area (Å²) >= 11 is 6.38. The van der Waals surface area contributed by atoms with E-state index >= 15 is 0 Å². The third kappa shape index (κ3) is 3.67. The summed E-state index contributed by atoms with van der Waals surface area (Å²) in [6.07, 6.45) is 0.995. The Morgan fingerprint density at radius 3 is 2.50 bits per heavy atom. The minimum absolute atomic E-state index is 0.754. The molecule has 0 aliphatic rings. The second kappa shape index (κ2) is 5.70. The van der Waals surface area contributed by atoms with E-state index in [1.807, 2.05) is 24.3 Å². The van der Waals surface area contributed by atoms with Crippen LogP contribution < -0.4 is 4.74 Å². The lowest BCUT2D eigenvalue weighted by molar-refractivity contribution is 0.319. The van der Waals surface area contributed by atoms with Gasteiger partial charge in [0.15, 0.2) is 0 Å². The van der Waals surface area contributed by atoms with Crippen LogP contribution in [0.2, 0.25) is 0 Å². The van der Waals surface area contributed by atoms with Crippen LogP contribution in [0.25, 0.3) is 0 Å². The number of thiol groups is 1. The zero-order valence-corrected chi connectivity index (χ0v) is 9.72. The Balaban J connectivity index is 2.37. The molecule has 0 bridgehead atoms. The quantitative estimate of drug-likeness (QED) is 0.510. The minimum Gasteiger partial charge on any atom is -0.494 e. The highest BCUT2D eigenvalue weighted by molar-refractivity contribution is 14.1. The fourth-order valence-electron chi connectivity index (χ4n) is 0.785. The normalized spacial score (nSPS) is 9.83. The maximum Gasteiger partial charge on any atom is 0.119 e. The third-order valence-electron chi connectivity index (χ3n) is 1.38. The maximum absolute atomic E-state index is 5.45. The zero-order valence-electron chi connectivity index (χ0n) is 6.66. The van der Waals surface area contributed by atoms with Crippen molar-refractivity contribution < 1.29 is 4.74 Å². The summed E-state index contributed by atoms with van der Waals surface area (Å²) in [6.45, 7) is 0.754. The van der Waals surface area contributed by atoms with Gasteiger partial charge < -0.3 is 4.74 Å². The van der Waals surface area contributed by atoms with Crippen molar-refractivity contribution in [3.05, 3.63) is 27.8 Å². The van der Waals surface area contributed by atoms with E-state index in [0.717, 1.165) is 24.5 Å². The van der Waals surface area contributed by atoms with Gasteiger partial charge in [0, 0.05) is 3.57 Å². The molecule has 0 N–H and O–H groups in total. The van der Waals surface area contributed by atoms with Crippen LogP contribution in [-0.4, -0.2) is 12.4 Å². The number of ether oxygens (including phenoxy) is 1. The monoisotopic (exact) mass is 294 g/mol. The van der Waals surface area contributed by atoms with Gasteiger partial charge in [-0.2, -0.15) is 12.6 Å². The molecule has 1 aromatic carbocycles. The molecule has 0 unspecified atom stereocenters. The van der Waals surface area contributed by atoms with E-state index < -0.39 is 0 Å². The van der Waals surface area contributed by atoms with Gasteiger partial charge in [0.25, 0.3) is 0 Å². The lowest BCUT2D eigenvalue weighted by atomic mass is 10.3. The van der Waals surface area contributed by atoms with Crippen molar-refractivity contribution in [1.29, 1.82) is 0 Å². The highest BCUT2D eigenvalue weighted by atomic mass is 127. The van der Waals surface area contributed by atoms with Gasteiger partial charge in [-0.15, -0.1) is 0 Å². The summed E-state index contributed by atoms with van der Waals surface area (Å²) in [6, 6.07) is 8.05. The molecule has 0 amide bonds. The summed E-state index contributed by atoms with van der Waals surface area (Å²) in [5.74, 6) is 1.82. The summed E-state index contributed by atoms with van der Waals surface area (Å²) in [4.78, 5) is 0. The molecule has 0 fully saturated rings. The Hall–Kier alpha value is 0.1000.